The predicted octanol–water partition coefficient (Wildman–Crippen LogP) is 1.73. The van der Waals surface area contributed by atoms with E-state index in [4.69, 9.17) is 10.8 Å². The minimum Gasteiger partial charge on any atom is -0.481 e. The number of H-pyrrole nitrogens is 1. The van der Waals surface area contributed by atoms with E-state index in [0.717, 1.165) is 16.5 Å². The summed E-state index contributed by atoms with van der Waals surface area (Å²) in [4.78, 5) is 66.1. The molecule has 3 rings (SSSR count). The summed E-state index contributed by atoms with van der Waals surface area (Å²) in [5.74, 6) is -4.45. The average Bonchev–Trinajstić information content (AvgIpc) is 3.36. The fraction of sp³-hybridized carbons (Fsp3) is 0.387. The molecule has 0 bridgehead atoms. The number of aliphatic carboxylic acids is 2. The third-order valence-electron chi connectivity index (χ3n) is 6.97. The van der Waals surface area contributed by atoms with E-state index < -0.39 is 60.2 Å². The van der Waals surface area contributed by atoms with Gasteiger partial charge in [0, 0.05) is 36.4 Å². The molecule has 0 aliphatic heterocycles. The first-order chi connectivity index (χ1) is 20.4. The van der Waals surface area contributed by atoms with Crippen molar-refractivity contribution in [3.05, 3.63) is 71.9 Å². The zero-order chi connectivity index (χ0) is 31.5. The molecular weight excluding hydrogens is 554 g/mol. The van der Waals surface area contributed by atoms with E-state index in [1.807, 2.05) is 38.1 Å². The standard InChI is InChI=1S/C31H39N5O7/c1-18(2)14-22(32)28(39)35-26(16-20-17-33-23-11-7-6-10-21(20)23)30(41)36-25(15-19-8-4-3-5-9-19)29(40)34-24(31(42)43)12-13-27(37)38/h3-11,17-18,22,24-26,33H,12-16,32H2,1-2H3,(H,34,40)(H,35,39)(H,36,41)(H,37,38)(H,42,43). The number of fused-ring (bicyclic) bond motifs is 1. The molecule has 1 aromatic heterocycles. The number of rotatable bonds is 16. The lowest BCUT2D eigenvalue weighted by Crippen LogP contribution is -2.58. The van der Waals surface area contributed by atoms with Gasteiger partial charge >= 0.3 is 11.9 Å². The second kappa shape index (κ2) is 15.5. The Kier molecular flexibility index (Phi) is 11.8. The fourth-order valence-corrected chi connectivity index (χ4v) is 4.75. The SMILES string of the molecule is CC(C)CC(N)C(=O)NC(Cc1c[nH]c2ccccc12)C(=O)NC(Cc1ccccc1)C(=O)NC(CCC(=O)O)C(=O)O. The summed E-state index contributed by atoms with van der Waals surface area (Å²) in [6.45, 7) is 3.85. The van der Waals surface area contributed by atoms with Crippen LogP contribution in [0.5, 0.6) is 0 Å². The van der Waals surface area contributed by atoms with Gasteiger partial charge < -0.3 is 36.9 Å². The van der Waals surface area contributed by atoms with Crippen molar-refractivity contribution in [2.45, 2.75) is 70.1 Å². The van der Waals surface area contributed by atoms with E-state index in [1.54, 1.807) is 36.5 Å². The van der Waals surface area contributed by atoms with Crippen LogP contribution in [0.25, 0.3) is 10.9 Å². The molecule has 0 aliphatic carbocycles. The number of hydrogen-bond donors (Lipinski definition) is 7. The summed E-state index contributed by atoms with van der Waals surface area (Å²) in [5, 5.41) is 27.2. The summed E-state index contributed by atoms with van der Waals surface area (Å²) in [6.07, 6.45) is 1.45. The number of para-hydroxylation sites is 1. The first-order valence-corrected chi connectivity index (χ1v) is 14.1. The number of carbonyl (C=O) groups excluding carboxylic acids is 3. The Morgan fingerprint density at radius 1 is 0.791 bits per heavy atom. The normalized spacial score (nSPS) is 14.0. The largest absolute Gasteiger partial charge is 0.481 e. The van der Waals surface area contributed by atoms with Crippen LogP contribution >= 0.6 is 0 Å². The number of hydrogen-bond acceptors (Lipinski definition) is 6. The molecule has 0 fully saturated rings. The van der Waals surface area contributed by atoms with E-state index in [2.05, 4.69) is 20.9 Å². The van der Waals surface area contributed by atoms with E-state index >= 15 is 0 Å². The number of nitrogens with one attached hydrogen (secondary N) is 4. The molecule has 0 saturated carbocycles. The van der Waals surface area contributed by atoms with E-state index in [0.29, 0.717) is 12.0 Å². The maximum atomic E-state index is 13.8. The Hall–Kier alpha value is -4.71. The monoisotopic (exact) mass is 593 g/mol. The van der Waals surface area contributed by atoms with Gasteiger partial charge in [-0.15, -0.1) is 0 Å². The molecule has 3 aromatic rings. The molecule has 4 atom stereocenters. The highest BCUT2D eigenvalue weighted by Crippen LogP contribution is 2.19. The summed E-state index contributed by atoms with van der Waals surface area (Å²) in [6, 6.07) is 11.6. The van der Waals surface area contributed by atoms with Gasteiger partial charge in [0.25, 0.3) is 0 Å². The molecule has 43 heavy (non-hydrogen) atoms. The molecule has 12 nitrogen and oxygen atoms in total. The Morgan fingerprint density at radius 2 is 1.37 bits per heavy atom. The number of carboxylic acid groups (broad SMARTS) is 2. The quantitative estimate of drug-likeness (QED) is 0.130. The number of carboxylic acids is 2. The van der Waals surface area contributed by atoms with Crippen LogP contribution in [0.1, 0.15) is 44.2 Å². The Morgan fingerprint density at radius 3 is 2.00 bits per heavy atom. The number of aromatic nitrogens is 1. The molecular formula is C31H39N5O7. The van der Waals surface area contributed by atoms with Gasteiger partial charge in [-0.25, -0.2) is 4.79 Å². The molecule has 2 aromatic carbocycles. The van der Waals surface area contributed by atoms with Crippen LogP contribution in [0.4, 0.5) is 0 Å². The van der Waals surface area contributed by atoms with Crippen molar-refractivity contribution in [3.63, 3.8) is 0 Å². The minimum absolute atomic E-state index is 0.0182. The van der Waals surface area contributed by atoms with Crippen LogP contribution in [0.3, 0.4) is 0 Å². The molecule has 1 heterocycles. The van der Waals surface area contributed by atoms with Gasteiger partial charge in [-0.2, -0.15) is 0 Å². The molecule has 230 valence electrons. The number of amides is 3. The Bertz CT molecular complexity index is 1420. The predicted molar refractivity (Wildman–Crippen MR) is 160 cm³/mol. The smallest absolute Gasteiger partial charge is 0.326 e. The number of nitrogens with two attached hydrogens (primary N) is 1. The van der Waals surface area contributed by atoms with Crippen LogP contribution in [0.15, 0.2) is 60.8 Å². The molecule has 3 amide bonds. The molecule has 0 aliphatic rings. The summed E-state index contributed by atoms with van der Waals surface area (Å²) >= 11 is 0. The maximum absolute atomic E-state index is 13.8. The van der Waals surface area contributed by atoms with Gasteiger partial charge in [0.2, 0.25) is 17.7 Å². The van der Waals surface area contributed by atoms with Gasteiger partial charge in [0.1, 0.15) is 18.1 Å². The van der Waals surface area contributed by atoms with E-state index in [9.17, 15) is 29.1 Å². The van der Waals surface area contributed by atoms with Crippen molar-refractivity contribution in [2.75, 3.05) is 0 Å². The van der Waals surface area contributed by atoms with Crippen LogP contribution in [-0.4, -0.2) is 69.0 Å². The number of aromatic amines is 1. The van der Waals surface area contributed by atoms with Gasteiger partial charge in [-0.05, 0) is 36.0 Å². The van der Waals surface area contributed by atoms with Gasteiger partial charge in [0.15, 0.2) is 0 Å². The summed E-state index contributed by atoms with van der Waals surface area (Å²) in [5.41, 5.74) is 8.41. The van der Waals surface area contributed by atoms with Crippen molar-refractivity contribution in [3.8, 4) is 0 Å². The first kappa shape index (κ1) is 32.8. The Labute approximate surface area is 249 Å². The fourth-order valence-electron chi connectivity index (χ4n) is 4.75. The van der Waals surface area contributed by atoms with Gasteiger partial charge in [0.05, 0.1) is 6.04 Å². The average molecular weight is 594 g/mol. The van der Waals surface area contributed by atoms with Crippen molar-refractivity contribution >= 4 is 40.6 Å². The molecule has 8 N–H and O–H groups in total. The molecule has 4 unspecified atom stereocenters. The molecule has 12 heteroatoms. The van der Waals surface area contributed by atoms with Crippen LogP contribution < -0.4 is 21.7 Å². The lowest BCUT2D eigenvalue weighted by atomic mass is 10.00. The zero-order valence-electron chi connectivity index (χ0n) is 24.2. The lowest BCUT2D eigenvalue weighted by molar-refractivity contribution is -0.143. The summed E-state index contributed by atoms with van der Waals surface area (Å²) in [7, 11) is 0. The third-order valence-corrected chi connectivity index (χ3v) is 6.97. The van der Waals surface area contributed by atoms with Crippen molar-refractivity contribution in [2.24, 2.45) is 11.7 Å². The Balaban J connectivity index is 1.88. The summed E-state index contributed by atoms with van der Waals surface area (Å²) < 4.78 is 0. The van der Waals surface area contributed by atoms with Crippen molar-refractivity contribution < 1.29 is 34.2 Å². The highest BCUT2D eigenvalue weighted by Gasteiger charge is 2.31. The van der Waals surface area contributed by atoms with Crippen LogP contribution in [-0.2, 0) is 36.8 Å². The first-order valence-electron chi connectivity index (χ1n) is 14.1. The molecule has 0 spiro atoms. The second-order valence-corrected chi connectivity index (χ2v) is 10.9. The lowest BCUT2D eigenvalue weighted by Gasteiger charge is -2.25. The molecule has 0 saturated heterocycles. The number of benzene rings is 2. The highest BCUT2D eigenvalue weighted by atomic mass is 16.4. The highest BCUT2D eigenvalue weighted by molar-refractivity contribution is 5.95. The van der Waals surface area contributed by atoms with E-state index in [-0.39, 0.29) is 25.2 Å². The zero-order valence-corrected chi connectivity index (χ0v) is 24.2. The van der Waals surface area contributed by atoms with Gasteiger partial charge in [-0.3, -0.25) is 19.2 Å². The number of carbonyl (C=O) groups is 5. The van der Waals surface area contributed by atoms with Crippen molar-refractivity contribution in [1.82, 2.24) is 20.9 Å². The molecule has 0 radical (unpaired) electrons. The van der Waals surface area contributed by atoms with Crippen molar-refractivity contribution in [1.29, 1.82) is 0 Å². The second-order valence-electron chi connectivity index (χ2n) is 10.9. The van der Waals surface area contributed by atoms with E-state index in [1.165, 1.54) is 0 Å². The minimum atomic E-state index is -1.48. The van der Waals surface area contributed by atoms with Crippen LogP contribution in [0, 0.1) is 5.92 Å². The topological polar surface area (TPSA) is 204 Å². The maximum Gasteiger partial charge on any atom is 0.326 e. The van der Waals surface area contributed by atoms with Gasteiger partial charge in [-0.1, -0.05) is 62.4 Å². The van der Waals surface area contributed by atoms with Crippen LogP contribution in [0.2, 0.25) is 0 Å². The third kappa shape index (κ3) is 9.96.